The molecule has 0 saturated carbocycles. The van der Waals surface area contributed by atoms with Crippen molar-refractivity contribution in [2.75, 3.05) is 18.1 Å². The minimum absolute atomic E-state index is 0.0600. The van der Waals surface area contributed by atoms with Gasteiger partial charge in [0.1, 0.15) is 5.75 Å². The Morgan fingerprint density at radius 2 is 2.00 bits per heavy atom. The van der Waals surface area contributed by atoms with Crippen LogP contribution in [-0.2, 0) is 11.3 Å². The molecule has 116 valence electrons. The zero-order chi connectivity index (χ0) is 15.2. The molecule has 1 aliphatic rings. The largest absolute Gasteiger partial charge is 0.483 e. The van der Waals surface area contributed by atoms with Crippen molar-refractivity contribution in [2.45, 2.75) is 11.1 Å². The molecule has 3 nitrogen and oxygen atoms in total. The highest BCUT2D eigenvalue weighted by molar-refractivity contribution is 8.19. The van der Waals surface area contributed by atoms with Gasteiger partial charge in [-0.2, -0.15) is 0 Å². The summed E-state index contributed by atoms with van der Waals surface area (Å²) in [5.74, 6) is 3.08. The number of nitrogens with one attached hydrogen (secondary N) is 1. The summed E-state index contributed by atoms with van der Waals surface area (Å²) in [6, 6.07) is 12.0. The lowest BCUT2D eigenvalue weighted by Crippen LogP contribution is -2.28. The molecule has 6 heteroatoms. The number of hydrogen-bond donors (Lipinski definition) is 1. The molecule has 1 aromatic carbocycles. The predicted molar refractivity (Wildman–Crippen MR) is 95.8 cm³/mol. The number of benzene rings is 1. The summed E-state index contributed by atoms with van der Waals surface area (Å²) in [6.07, 6.45) is 0. The van der Waals surface area contributed by atoms with E-state index in [0.717, 1.165) is 10.6 Å². The smallest absolute Gasteiger partial charge is 0.258 e. The Balaban J connectivity index is 1.53. The van der Waals surface area contributed by atoms with Crippen molar-refractivity contribution < 1.29 is 9.53 Å². The van der Waals surface area contributed by atoms with Crippen LogP contribution in [0.25, 0.3) is 0 Å². The number of amides is 1. The van der Waals surface area contributed by atoms with Crippen molar-refractivity contribution >= 4 is 40.8 Å². The van der Waals surface area contributed by atoms with E-state index >= 15 is 0 Å². The number of para-hydroxylation sites is 1. The molecule has 2 aromatic rings. The van der Waals surface area contributed by atoms with Crippen LogP contribution in [0.15, 0.2) is 41.8 Å². The second-order valence-electron chi connectivity index (χ2n) is 4.76. The van der Waals surface area contributed by atoms with E-state index in [1.165, 1.54) is 17.1 Å². The van der Waals surface area contributed by atoms with E-state index < -0.39 is 0 Å². The fourth-order valence-corrected chi connectivity index (χ4v) is 5.69. The molecule has 0 radical (unpaired) electrons. The van der Waals surface area contributed by atoms with Gasteiger partial charge in [0.15, 0.2) is 6.61 Å². The maximum atomic E-state index is 11.9. The van der Waals surface area contributed by atoms with Crippen LogP contribution < -0.4 is 10.1 Å². The molecular formula is C16H17NO2S3. The molecule has 0 atom stereocenters. The predicted octanol–water partition coefficient (Wildman–Crippen LogP) is 3.92. The summed E-state index contributed by atoms with van der Waals surface area (Å²) in [4.78, 5) is 13.0. The Kier molecular flexibility index (Phi) is 5.70. The highest BCUT2D eigenvalue weighted by Gasteiger charge is 2.21. The fourth-order valence-electron chi connectivity index (χ4n) is 2.14. The lowest BCUT2D eigenvalue weighted by atomic mass is 10.2. The van der Waals surface area contributed by atoms with Crippen LogP contribution in [0.1, 0.15) is 15.0 Å². The van der Waals surface area contributed by atoms with Crippen LogP contribution in [0.3, 0.4) is 0 Å². The number of thioether (sulfide) groups is 2. The normalized spacial score (nSPS) is 14.9. The Hall–Kier alpha value is -1.11. The molecule has 1 N–H and O–H groups in total. The number of ether oxygens (including phenoxy) is 1. The molecule has 1 saturated heterocycles. The number of hydrogen-bond acceptors (Lipinski definition) is 5. The lowest BCUT2D eigenvalue weighted by Gasteiger charge is -2.15. The van der Waals surface area contributed by atoms with Gasteiger partial charge in [-0.3, -0.25) is 4.79 Å². The standard InChI is InChI=1S/C16H17NO2S3/c18-15(17-10-12-4-3-7-20-12)11-19-14-6-2-1-5-13(14)16-21-8-9-22-16/h1-7,16H,8-11H2,(H,17,18). The molecule has 1 aromatic heterocycles. The highest BCUT2D eigenvalue weighted by atomic mass is 32.2. The van der Waals surface area contributed by atoms with Crippen LogP contribution in [0, 0.1) is 0 Å². The molecule has 1 amide bonds. The Bertz CT molecular complexity index is 610. The van der Waals surface area contributed by atoms with Gasteiger partial charge < -0.3 is 10.1 Å². The van der Waals surface area contributed by atoms with Crippen LogP contribution in [0.4, 0.5) is 0 Å². The molecule has 1 fully saturated rings. The van der Waals surface area contributed by atoms with Gasteiger partial charge in [0.2, 0.25) is 0 Å². The summed E-state index contributed by atoms with van der Waals surface area (Å²) < 4.78 is 6.17. The number of rotatable bonds is 6. The van der Waals surface area contributed by atoms with E-state index in [0.29, 0.717) is 11.1 Å². The number of thiophene rings is 1. The third-order valence-corrected chi connectivity index (χ3v) is 7.14. The van der Waals surface area contributed by atoms with Gasteiger partial charge in [-0.25, -0.2) is 0 Å². The fraction of sp³-hybridized carbons (Fsp3) is 0.312. The van der Waals surface area contributed by atoms with E-state index in [-0.39, 0.29) is 12.5 Å². The maximum Gasteiger partial charge on any atom is 0.258 e. The summed E-state index contributed by atoms with van der Waals surface area (Å²) >= 11 is 5.51. The summed E-state index contributed by atoms with van der Waals surface area (Å²) in [5, 5.41) is 4.89. The molecule has 0 aliphatic carbocycles. The average molecular weight is 352 g/mol. The Labute approximate surface area is 142 Å². The Morgan fingerprint density at radius 1 is 1.18 bits per heavy atom. The zero-order valence-corrected chi connectivity index (χ0v) is 14.4. The molecule has 0 spiro atoms. The SMILES string of the molecule is O=C(COc1ccccc1C1SCCS1)NCc1cccs1. The highest BCUT2D eigenvalue weighted by Crippen LogP contribution is 2.48. The zero-order valence-electron chi connectivity index (χ0n) is 12.0. The molecule has 22 heavy (non-hydrogen) atoms. The molecule has 0 bridgehead atoms. The molecule has 3 rings (SSSR count). The maximum absolute atomic E-state index is 11.9. The molecule has 2 heterocycles. The molecule has 1 aliphatic heterocycles. The monoisotopic (exact) mass is 351 g/mol. The second kappa shape index (κ2) is 7.94. The second-order valence-corrected chi connectivity index (χ2v) is 8.51. The van der Waals surface area contributed by atoms with Crippen molar-refractivity contribution in [1.29, 1.82) is 0 Å². The van der Waals surface area contributed by atoms with Crippen molar-refractivity contribution in [3.63, 3.8) is 0 Å². The van der Waals surface area contributed by atoms with Gasteiger partial charge >= 0.3 is 0 Å². The van der Waals surface area contributed by atoms with Gasteiger partial charge in [0, 0.05) is 21.9 Å². The van der Waals surface area contributed by atoms with Crippen molar-refractivity contribution in [1.82, 2.24) is 5.32 Å². The van der Waals surface area contributed by atoms with E-state index in [4.69, 9.17) is 4.74 Å². The van der Waals surface area contributed by atoms with Crippen LogP contribution in [0.5, 0.6) is 5.75 Å². The van der Waals surface area contributed by atoms with Crippen LogP contribution >= 0.6 is 34.9 Å². The van der Waals surface area contributed by atoms with Crippen molar-refractivity contribution in [3.8, 4) is 5.75 Å². The molecular weight excluding hydrogens is 334 g/mol. The van der Waals surface area contributed by atoms with Gasteiger partial charge in [0.05, 0.1) is 11.1 Å². The summed E-state index contributed by atoms with van der Waals surface area (Å²) in [6.45, 7) is 0.625. The van der Waals surface area contributed by atoms with Gasteiger partial charge in [-0.1, -0.05) is 24.3 Å². The van der Waals surface area contributed by atoms with E-state index in [1.807, 2.05) is 59.2 Å². The minimum Gasteiger partial charge on any atom is -0.483 e. The average Bonchev–Trinajstić information content (AvgIpc) is 3.24. The number of carbonyl (C=O) groups excluding carboxylic acids is 1. The lowest BCUT2D eigenvalue weighted by molar-refractivity contribution is -0.123. The third kappa shape index (κ3) is 4.21. The first-order valence-electron chi connectivity index (χ1n) is 7.07. The Morgan fingerprint density at radius 3 is 2.77 bits per heavy atom. The van der Waals surface area contributed by atoms with Crippen LogP contribution in [0.2, 0.25) is 0 Å². The van der Waals surface area contributed by atoms with E-state index in [9.17, 15) is 4.79 Å². The molecule has 0 unspecified atom stereocenters. The first-order valence-corrected chi connectivity index (χ1v) is 10.0. The van der Waals surface area contributed by atoms with E-state index in [2.05, 4.69) is 11.4 Å². The van der Waals surface area contributed by atoms with Crippen molar-refractivity contribution in [2.24, 2.45) is 0 Å². The number of carbonyl (C=O) groups is 1. The summed E-state index contributed by atoms with van der Waals surface area (Å²) in [7, 11) is 0. The quantitative estimate of drug-likeness (QED) is 0.856. The first kappa shape index (κ1) is 15.8. The third-order valence-electron chi connectivity index (χ3n) is 3.19. The van der Waals surface area contributed by atoms with Gasteiger partial charge in [-0.15, -0.1) is 34.9 Å². The topological polar surface area (TPSA) is 38.3 Å². The van der Waals surface area contributed by atoms with Crippen LogP contribution in [-0.4, -0.2) is 24.0 Å². The first-order chi connectivity index (χ1) is 10.8. The van der Waals surface area contributed by atoms with Crippen molar-refractivity contribution in [3.05, 3.63) is 52.2 Å². The van der Waals surface area contributed by atoms with Gasteiger partial charge in [-0.05, 0) is 17.5 Å². The van der Waals surface area contributed by atoms with E-state index in [1.54, 1.807) is 11.3 Å². The van der Waals surface area contributed by atoms with Gasteiger partial charge in [0.25, 0.3) is 5.91 Å². The summed E-state index contributed by atoms with van der Waals surface area (Å²) in [5.41, 5.74) is 1.18. The minimum atomic E-state index is -0.0880.